The Labute approximate surface area is 111 Å². The van der Waals surface area contributed by atoms with Gasteiger partial charge in [0.15, 0.2) is 11.5 Å². The van der Waals surface area contributed by atoms with Crippen LogP contribution in [0.4, 0.5) is 8.78 Å². The van der Waals surface area contributed by atoms with Gasteiger partial charge in [-0.2, -0.15) is 8.78 Å². The van der Waals surface area contributed by atoms with Gasteiger partial charge >= 0.3 is 6.61 Å². The molecule has 0 amide bonds. The highest BCUT2D eigenvalue weighted by atomic mass is 19.3. The van der Waals surface area contributed by atoms with E-state index in [2.05, 4.69) is 10.1 Å². The average Bonchev–Trinajstić information content (AvgIpc) is 2.39. The first kappa shape index (κ1) is 15.7. The number of halogens is 2. The fourth-order valence-electron chi connectivity index (χ4n) is 1.62. The summed E-state index contributed by atoms with van der Waals surface area (Å²) in [5.74, 6) is 0.270. The van der Waals surface area contributed by atoms with Crippen LogP contribution in [0, 0.1) is 0 Å². The molecule has 0 saturated heterocycles. The zero-order valence-electron chi connectivity index (χ0n) is 11.0. The minimum Gasteiger partial charge on any atom is -0.493 e. The van der Waals surface area contributed by atoms with E-state index in [-0.39, 0.29) is 24.1 Å². The highest BCUT2D eigenvalue weighted by Crippen LogP contribution is 2.29. The first-order valence-corrected chi connectivity index (χ1v) is 6.06. The summed E-state index contributed by atoms with van der Waals surface area (Å²) in [6, 6.07) is 4.83. The second-order valence-electron chi connectivity index (χ2n) is 4.03. The molecule has 1 aromatic carbocycles. The second-order valence-corrected chi connectivity index (χ2v) is 4.03. The number of hydrogen-bond acceptors (Lipinski definition) is 4. The van der Waals surface area contributed by atoms with E-state index < -0.39 is 6.61 Å². The molecule has 0 bridgehead atoms. The first-order valence-electron chi connectivity index (χ1n) is 6.06. The normalized spacial score (nSPS) is 12.5. The molecule has 0 radical (unpaired) electrons. The van der Waals surface area contributed by atoms with Crippen molar-refractivity contribution in [1.82, 2.24) is 5.32 Å². The van der Waals surface area contributed by atoms with E-state index in [0.717, 1.165) is 12.0 Å². The number of methoxy groups -OCH3 is 1. The molecule has 4 nitrogen and oxygen atoms in total. The van der Waals surface area contributed by atoms with Crippen molar-refractivity contribution in [2.75, 3.05) is 13.7 Å². The molecule has 6 heteroatoms. The molecule has 0 heterocycles. The second kappa shape index (κ2) is 7.91. The Hall–Kier alpha value is -1.40. The van der Waals surface area contributed by atoms with Gasteiger partial charge < -0.3 is 19.9 Å². The molecule has 0 aliphatic rings. The predicted octanol–water partition coefficient (Wildman–Crippen LogP) is 2.16. The monoisotopic (exact) mass is 275 g/mol. The van der Waals surface area contributed by atoms with Crippen LogP contribution in [-0.4, -0.2) is 31.5 Å². The fraction of sp³-hybridized carbons (Fsp3) is 0.538. The van der Waals surface area contributed by atoms with Gasteiger partial charge in [-0.1, -0.05) is 13.0 Å². The summed E-state index contributed by atoms with van der Waals surface area (Å²) < 4.78 is 33.9. The maximum absolute atomic E-state index is 12.3. The molecule has 0 fully saturated rings. The van der Waals surface area contributed by atoms with E-state index in [4.69, 9.17) is 9.84 Å². The van der Waals surface area contributed by atoms with Crippen molar-refractivity contribution in [1.29, 1.82) is 0 Å². The molecule has 0 aliphatic carbocycles. The van der Waals surface area contributed by atoms with Crippen LogP contribution in [0.2, 0.25) is 0 Å². The Kier molecular flexibility index (Phi) is 6.52. The van der Waals surface area contributed by atoms with Crippen molar-refractivity contribution in [3.8, 4) is 11.5 Å². The Balaban J connectivity index is 2.74. The standard InChI is InChI=1S/C13H19F2NO3/c1-3-10(8-17)16-7-9-4-5-11(18-2)12(6-9)19-13(14)15/h4-6,10,13,16-17H,3,7-8H2,1-2H3/t10-/m0/s1. The van der Waals surface area contributed by atoms with E-state index in [1.54, 1.807) is 12.1 Å². The molecule has 1 aromatic rings. The van der Waals surface area contributed by atoms with Gasteiger partial charge in [-0.15, -0.1) is 0 Å². The summed E-state index contributed by atoms with van der Waals surface area (Å²) in [5, 5.41) is 12.2. The van der Waals surface area contributed by atoms with E-state index in [1.807, 2.05) is 6.92 Å². The molecule has 1 atom stereocenters. The van der Waals surface area contributed by atoms with Gasteiger partial charge in [0.05, 0.1) is 13.7 Å². The van der Waals surface area contributed by atoms with Crippen LogP contribution < -0.4 is 14.8 Å². The average molecular weight is 275 g/mol. The minimum atomic E-state index is -2.89. The summed E-state index contributed by atoms with van der Waals surface area (Å²) in [7, 11) is 1.39. The lowest BCUT2D eigenvalue weighted by atomic mass is 10.1. The summed E-state index contributed by atoms with van der Waals surface area (Å²) in [5.41, 5.74) is 0.781. The Morgan fingerprint density at radius 3 is 2.58 bits per heavy atom. The molecule has 0 aliphatic heterocycles. The maximum Gasteiger partial charge on any atom is 0.387 e. The van der Waals surface area contributed by atoms with Gasteiger partial charge in [-0.3, -0.25) is 0 Å². The molecular formula is C13H19F2NO3. The van der Waals surface area contributed by atoms with Crippen LogP contribution in [0.5, 0.6) is 11.5 Å². The quantitative estimate of drug-likeness (QED) is 0.763. The van der Waals surface area contributed by atoms with Crippen molar-refractivity contribution in [2.45, 2.75) is 32.5 Å². The summed E-state index contributed by atoms with van der Waals surface area (Å²) in [6.45, 7) is -0.443. The lowest BCUT2D eigenvalue weighted by molar-refractivity contribution is -0.0512. The first-order chi connectivity index (χ1) is 9.10. The van der Waals surface area contributed by atoms with Gasteiger partial charge in [0.25, 0.3) is 0 Å². The van der Waals surface area contributed by atoms with Gasteiger partial charge in [0.2, 0.25) is 0 Å². The van der Waals surface area contributed by atoms with E-state index in [0.29, 0.717) is 6.54 Å². The van der Waals surface area contributed by atoms with Crippen molar-refractivity contribution in [3.63, 3.8) is 0 Å². The van der Waals surface area contributed by atoms with Crippen molar-refractivity contribution in [3.05, 3.63) is 23.8 Å². The Bertz CT molecular complexity index is 384. The van der Waals surface area contributed by atoms with Crippen LogP contribution in [0.3, 0.4) is 0 Å². The molecule has 0 unspecified atom stereocenters. The third-order valence-electron chi connectivity index (χ3n) is 2.75. The largest absolute Gasteiger partial charge is 0.493 e. The number of ether oxygens (including phenoxy) is 2. The van der Waals surface area contributed by atoms with Gasteiger partial charge in [0.1, 0.15) is 0 Å². The van der Waals surface area contributed by atoms with E-state index in [9.17, 15) is 8.78 Å². The van der Waals surface area contributed by atoms with Crippen molar-refractivity contribution < 1.29 is 23.4 Å². The van der Waals surface area contributed by atoms with Crippen LogP contribution in [0.25, 0.3) is 0 Å². The smallest absolute Gasteiger partial charge is 0.387 e. The molecule has 19 heavy (non-hydrogen) atoms. The summed E-state index contributed by atoms with van der Waals surface area (Å²) in [4.78, 5) is 0. The van der Waals surface area contributed by atoms with Crippen LogP contribution in [0.1, 0.15) is 18.9 Å². The predicted molar refractivity (Wildman–Crippen MR) is 67.6 cm³/mol. The number of nitrogens with one attached hydrogen (secondary N) is 1. The number of aliphatic hydroxyl groups excluding tert-OH is 1. The third kappa shape index (κ3) is 5.00. The SMILES string of the molecule is CC[C@@H](CO)NCc1ccc(OC)c(OC(F)F)c1. The molecule has 108 valence electrons. The molecule has 0 saturated carbocycles. The number of hydrogen-bond donors (Lipinski definition) is 2. The fourth-order valence-corrected chi connectivity index (χ4v) is 1.62. The minimum absolute atomic E-state index is 0.00819. The van der Waals surface area contributed by atoms with Gasteiger partial charge in [-0.25, -0.2) is 0 Å². The van der Waals surface area contributed by atoms with Crippen molar-refractivity contribution >= 4 is 0 Å². The zero-order valence-corrected chi connectivity index (χ0v) is 11.0. The van der Waals surface area contributed by atoms with Crippen LogP contribution in [0.15, 0.2) is 18.2 Å². The Morgan fingerprint density at radius 2 is 2.05 bits per heavy atom. The molecule has 2 N–H and O–H groups in total. The lowest BCUT2D eigenvalue weighted by Gasteiger charge is -2.15. The van der Waals surface area contributed by atoms with E-state index in [1.165, 1.54) is 13.2 Å². The van der Waals surface area contributed by atoms with Crippen molar-refractivity contribution in [2.24, 2.45) is 0 Å². The lowest BCUT2D eigenvalue weighted by Crippen LogP contribution is -2.31. The van der Waals surface area contributed by atoms with Crippen LogP contribution in [-0.2, 0) is 6.54 Å². The highest BCUT2D eigenvalue weighted by molar-refractivity contribution is 5.43. The molecule has 1 rings (SSSR count). The topological polar surface area (TPSA) is 50.7 Å². The van der Waals surface area contributed by atoms with E-state index >= 15 is 0 Å². The number of benzene rings is 1. The third-order valence-corrected chi connectivity index (χ3v) is 2.75. The molecular weight excluding hydrogens is 256 g/mol. The van der Waals surface area contributed by atoms with Gasteiger partial charge in [0, 0.05) is 12.6 Å². The number of rotatable bonds is 8. The van der Waals surface area contributed by atoms with Crippen LogP contribution >= 0.6 is 0 Å². The zero-order chi connectivity index (χ0) is 14.3. The number of aliphatic hydroxyl groups is 1. The summed E-state index contributed by atoms with van der Waals surface area (Å²) in [6.07, 6.45) is 0.785. The highest BCUT2D eigenvalue weighted by Gasteiger charge is 2.12. The number of alkyl halides is 2. The maximum atomic E-state index is 12.3. The Morgan fingerprint density at radius 1 is 1.32 bits per heavy atom. The summed E-state index contributed by atoms with van der Waals surface area (Å²) >= 11 is 0. The van der Waals surface area contributed by atoms with Gasteiger partial charge in [-0.05, 0) is 24.1 Å². The molecule has 0 spiro atoms. The molecule has 0 aromatic heterocycles.